The van der Waals surface area contributed by atoms with Crippen LogP contribution in [0.4, 0.5) is 10.5 Å². The van der Waals surface area contributed by atoms with E-state index in [1.165, 1.54) is 18.2 Å². The van der Waals surface area contributed by atoms with E-state index in [-0.39, 0.29) is 40.2 Å². The van der Waals surface area contributed by atoms with Crippen LogP contribution in [0.3, 0.4) is 0 Å². The van der Waals surface area contributed by atoms with Crippen molar-refractivity contribution in [1.82, 2.24) is 4.98 Å². The summed E-state index contributed by atoms with van der Waals surface area (Å²) in [5.74, 6) is -0.460. The van der Waals surface area contributed by atoms with Crippen LogP contribution in [0.5, 0.6) is 5.88 Å². The van der Waals surface area contributed by atoms with Crippen LogP contribution in [0.15, 0.2) is 47.4 Å². The number of ketones is 1. The molecule has 0 aliphatic heterocycles. The zero-order valence-corrected chi connectivity index (χ0v) is 15.3. The molecule has 0 atom stereocenters. The van der Waals surface area contributed by atoms with Crippen molar-refractivity contribution in [1.29, 1.82) is 0 Å². The predicted octanol–water partition coefficient (Wildman–Crippen LogP) is 4.42. The summed E-state index contributed by atoms with van der Waals surface area (Å²) in [6, 6.07) is 6.71. The number of furan rings is 1. The van der Waals surface area contributed by atoms with E-state index in [4.69, 9.17) is 38.1 Å². The van der Waals surface area contributed by atoms with Gasteiger partial charge in [-0.1, -0.05) is 35.9 Å². The Kier molecular flexibility index (Phi) is 5.34. The summed E-state index contributed by atoms with van der Waals surface area (Å²) in [7, 11) is 0. The standard InChI is InChI=1S/C18H13Cl2N3O4/c1-2-7-26-13-6-5-11-14(23-18(21)25)16(27-17(11)22-13)15(24)10-4-3-9(19)8-12(10)20/h2-6,8H,1,7H2,(H3,21,23,25). The lowest BCUT2D eigenvalue weighted by atomic mass is 10.1. The fourth-order valence-corrected chi connectivity index (χ4v) is 2.88. The number of urea groups is 1. The van der Waals surface area contributed by atoms with E-state index in [1.807, 2.05) is 0 Å². The topological polar surface area (TPSA) is 107 Å². The van der Waals surface area contributed by atoms with Gasteiger partial charge >= 0.3 is 6.03 Å². The number of nitrogens with zero attached hydrogens (tertiary/aromatic N) is 1. The highest BCUT2D eigenvalue weighted by molar-refractivity contribution is 6.37. The average molecular weight is 406 g/mol. The molecule has 2 aromatic heterocycles. The summed E-state index contributed by atoms with van der Waals surface area (Å²) in [6.07, 6.45) is 1.56. The Morgan fingerprint density at radius 3 is 2.74 bits per heavy atom. The number of primary amides is 1. The van der Waals surface area contributed by atoms with Crippen molar-refractivity contribution in [2.75, 3.05) is 11.9 Å². The van der Waals surface area contributed by atoms with Crippen molar-refractivity contribution in [2.45, 2.75) is 0 Å². The van der Waals surface area contributed by atoms with Crippen LogP contribution in [0, 0.1) is 0 Å². The van der Waals surface area contributed by atoms with E-state index < -0.39 is 11.8 Å². The molecule has 3 rings (SSSR count). The summed E-state index contributed by atoms with van der Waals surface area (Å²) >= 11 is 12.0. The molecule has 1 aromatic carbocycles. The van der Waals surface area contributed by atoms with Gasteiger partial charge in [0.1, 0.15) is 12.3 Å². The second kappa shape index (κ2) is 7.69. The molecular formula is C18H13Cl2N3O4. The maximum absolute atomic E-state index is 12.9. The molecule has 2 amide bonds. The lowest BCUT2D eigenvalue weighted by molar-refractivity contribution is 0.101. The van der Waals surface area contributed by atoms with E-state index >= 15 is 0 Å². The number of nitrogens with two attached hydrogens (primary N) is 1. The number of halogens is 2. The number of aromatic nitrogens is 1. The quantitative estimate of drug-likeness (QED) is 0.466. The highest BCUT2D eigenvalue weighted by Crippen LogP contribution is 2.34. The first kappa shape index (κ1) is 18.8. The van der Waals surface area contributed by atoms with Gasteiger partial charge < -0.3 is 20.2 Å². The maximum atomic E-state index is 12.9. The Morgan fingerprint density at radius 1 is 1.30 bits per heavy atom. The van der Waals surface area contributed by atoms with Gasteiger partial charge in [0.15, 0.2) is 0 Å². The number of benzene rings is 1. The fraction of sp³-hybridized carbons (Fsp3) is 0.0556. The van der Waals surface area contributed by atoms with Gasteiger partial charge in [-0.3, -0.25) is 4.79 Å². The Labute approximate surface area is 163 Å². The van der Waals surface area contributed by atoms with Gasteiger partial charge in [0.2, 0.25) is 23.1 Å². The number of pyridine rings is 1. The molecule has 7 nitrogen and oxygen atoms in total. The third kappa shape index (κ3) is 3.89. The smallest absolute Gasteiger partial charge is 0.316 e. The van der Waals surface area contributed by atoms with Crippen molar-refractivity contribution >= 4 is 51.8 Å². The molecule has 0 saturated carbocycles. The maximum Gasteiger partial charge on any atom is 0.316 e. The van der Waals surface area contributed by atoms with Crippen molar-refractivity contribution in [2.24, 2.45) is 5.73 Å². The number of amides is 2. The van der Waals surface area contributed by atoms with Gasteiger partial charge in [-0.05, 0) is 24.3 Å². The zero-order chi connectivity index (χ0) is 19.6. The molecule has 0 radical (unpaired) electrons. The Bertz CT molecular complexity index is 1060. The third-order valence-corrected chi connectivity index (χ3v) is 4.06. The van der Waals surface area contributed by atoms with Crippen LogP contribution in [0.2, 0.25) is 10.0 Å². The number of rotatable bonds is 6. The Balaban J connectivity index is 2.13. The first-order valence-electron chi connectivity index (χ1n) is 7.64. The normalized spacial score (nSPS) is 10.6. The molecule has 9 heteroatoms. The SMILES string of the molecule is C=CCOc1ccc2c(NC(N)=O)c(C(=O)c3ccc(Cl)cc3Cl)oc2n1. The van der Waals surface area contributed by atoms with Crippen LogP contribution in [0.25, 0.3) is 11.1 Å². The lowest BCUT2D eigenvalue weighted by Crippen LogP contribution is -2.20. The molecule has 0 spiro atoms. The summed E-state index contributed by atoms with van der Waals surface area (Å²) < 4.78 is 10.9. The van der Waals surface area contributed by atoms with Crippen molar-refractivity contribution in [3.05, 3.63) is 64.4 Å². The molecule has 0 aliphatic carbocycles. The molecule has 27 heavy (non-hydrogen) atoms. The minimum Gasteiger partial charge on any atom is -0.473 e. The van der Waals surface area contributed by atoms with Gasteiger partial charge in [-0.15, -0.1) is 0 Å². The first-order chi connectivity index (χ1) is 12.9. The largest absolute Gasteiger partial charge is 0.473 e. The van der Waals surface area contributed by atoms with Crippen LogP contribution in [-0.2, 0) is 0 Å². The highest BCUT2D eigenvalue weighted by Gasteiger charge is 2.25. The summed E-state index contributed by atoms with van der Waals surface area (Å²) in [5.41, 5.74) is 5.56. The number of carbonyl (C=O) groups excluding carboxylic acids is 2. The number of fused-ring (bicyclic) bond motifs is 1. The van der Waals surface area contributed by atoms with Gasteiger partial charge in [0, 0.05) is 16.7 Å². The van der Waals surface area contributed by atoms with E-state index in [0.717, 1.165) is 0 Å². The number of carbonyl (C=O) groups is 2. The monoisotopic (exact) mass is 405 g/mol. The van der Waals surface area contributed by atoms with Crippen LogP contribution in [-0.4, -0.2) is 23.4 Å². The van der Waals surface area contributed by atoms with Gasteiger partial charge in [0.25, 0.3) is 0 Å². The Morgan fingerprint density at radius 2 is 2.07 bits per heavy atom. The molecule has 0 bridgehead atoms. The molecule has 2 heterocycles. The van der Waals surface area contributed by atoms with E-state index in [9.17, 15) is 9.59 Å². The number of anilines is 1. The molecule has 3 N–H and O–H groups in total. The number of nitrogens with one attached hydrogen (secondary N) is 1. The number of hydrogen-bond donors (Lipinski definition) is 2. The number of ether oxygens (including phenoxy) is 1. The average Bonchev–Trinajstić information content (AvgIpc) is 2.96. The van der Waals surface area contributed by atoms with Crippen LogP contribution < -0.4 is 15.8 Å². The number of hydrogen-bond acceptors (Lipinski definition) is 5. The molecule has 0 fully saturated rings. The highest BCUT2D eigenvalue weighted by atomic mass is 35.5. The van der Waals surface area contributed by atoms with Crippen LogP contribution in [0.1, 0.15) is 16.1 Å². The van der Waals surface area contributed by atoms with Crippen LogP contribution >= 0.6 is 23.2 Å². The van der Waals surface area contributed by atoms with E-state index in [2.05, 4.69) is 16.9 Å². The Hall–Kier alpha value is -3.03. The lowest BCUT2D eigenvalue weighted by Gasteiger charge is -2.05. The third-order valence-electron chi connectivity index (χ3n) is 3.51. The molecule has 138 valence electrons. The van der Waals surface area contributed by atoms with Gasteiger partial charge in [-0.25, -0.2) is 4.79 Å². The molecule has 3 aromatic rings. The molecule has 0 unspecified atom stereocenters. The molecule has 0 saturated heterocycles. The van der Waals surface area contributed by atoms with E-state index in [1.54, 1.807) is 18.2 Å². The summed E-state index contributed by atoms with van der Waals surface area (Å²) in [6.45, 7) is 3.80. The van der Waals surface area contributed by atoms with Crippen molar-refractivity contribution < 1.29 is 18.7 Å². The molecular weight excluding hydrogens is 393 g/mol. The minimum atomic E-state index is -0.860. The predicted molar refractivity (Wildman–Crippen MR) is 103 cm³/mol. The second-order valence-corrected chi connectivity index (χ2v) is 6.19. The first-order valence-corrected chi connectivity index (χ1v) is 8.39. The second-order valence-electron chi connectivity index (χ2n) is 5.35. The zero-order valence-electron chi connectivity index (χ0n) is 13.8. The molecule has 0 aliphatic rings. The van der Waals surface area contributed by atoms with Crippen molar-refractivity contribution in [3.63, 3.8) is 0 Å². The van der Waals surface area contributed by atoms with Gasteiger partial charge in [0.05, 0.1) is 10.4 Å². The fourth-order valence-electron chi connectivity index (χ4n) is 2.39. The van der Waals surface area contributed by atoms with Crippen molar-refractivity contribution in [3.8, 4) is 5.88 Å². The summed E-state index contributed by atoms with van der Waals surface area (Å²) in [5, 5.41) is 3.30. The van der Waals surface area contributed by atoms with Gasteiger partial charge in [-0.2, -0.15) is 4.98 Å². The summed E-state index contributed by atoms with van der Waals surface area (Å²) in [4.78, 5) is 28.5. The van der Waals surface area contributed by atoms with E-state index in [0.29, 0.717) is 10.4 Å². The minimum absolute atomic E-state index is 0.0914.